The van der Waals surface area contributed by atoms with Crippen molar-refractivity contribution >= 4 is 34.3 Å². The average molecular weight is 345 g/mol. The molecule has 5 heteroatoms. The average Bonchev–Trinajstić information content (AvgIpc) is 2.72. The number of aromatic nitrogens is 1. The van der Waals surface area contributed by atoms with E-state index in [9.17, 15) is 4.79 Å². The zero-order valence-electron chi connectivity index (χ0n) is 10.0. The Kier molecular flexibility index (Phi) is 3.67. The summed E-state index contributed by atoms with van der Waals surface area (Å²) in [5.74, 6) is 0.691. The molecule has 0 spiro atoms. The van der Waals surface area contributed by atoms with Crippen LogP contribution in [0.4, 0.5) is 5.82 Å². The molecule has 0 saturated carbocycles. The van der Waals surface area contributed by atoms with E-state index in [0.29, 0.717) is 5.82 Å². The molecular formula is C12H16IN3O. The number of nitrogens with one attached hydrogen (secondary N) is 2. The summed E-state index contributed by atoms with van der Waals surface area (Å²) >= 11 is 2.23. The van der Waals surface area contributed by atoms with Crippen molar-refractivity contribution in [3.8, 4) is 0 Å². The summed E-state index contributed by atoms with van der Waals surface area (Å²) in [5.41, 5.74) is 0.636. The van der Waals surface area contributed by atoms with Crippen LogP contribution in [0, 0.1) is 15.9 Å². The van der Waals surface area contributed by atoms with E-state index in [4.69, 9.17) is 0 Å². The monoisotopic (exact) mass is 345 g/mol. The van der Waals surface area contributed by atoms with E-state index in [2.05, 4.69) is 38.2 Å². The molecule has 1 fully saturated rings. The molecule has 4 nitrogen and oxygen atoms in total. The number of hydrogen-bond donors (Lipinski definition) is 2. The highest BCUT2D eigenvalue weighted by atomic mass is 127. The van der Waals surface area contributed by atoms with Crippen molar-refractivity contribution in [1.29, 1.82) is 0 Å². The molecule has 2 N–H and O–H groups in total. The minimum atomic E-state index is -0.307. The Bertz CT molecular complexity index is 441. The van der Waals surface area contributed by atoms with Crippen LogP contribution >= 0.6 is 22.6 Å². The standard InChI is InChI=1S/C12H16IN3O/c1-8-9(13)3-4-10(15-8)16-11(17)12(2)5-6-14-7-12/h3-4,14H,5-7H2,1-2H3,(H,15,16,17). The maximum absolute atomic E-state index is 12.1. The highest BCUT2D eigenvalue weighted by molar-refractivity contribution is 14.1. The molecular weight excluding hydrogens is 329 g/mol. The lowest BCUT2D eigenvalue weighted by Crippen LogP contribution is -2.35. The molecule has 1 aliphatic heterocycles. The van der Waals surface area contributed by atoms with Gasteiger partial charge in [-0.05, 0) is 61.5 Å². The van der Waals surface area contributed by atoms with Gasteiger partial charge in [-0.15, -0.1) is 0 Å². The summed E-state index contributed by atoms with van der Waals surface area (Å²) in [4.78, 5) is 16.5. The van der Waals surface area contributed by atoms with Gasteiger partial charge in [-0.3, -0.25) is 4.79 Å². The molecule has 2 heterocycles. The number of anilines is 1. The Morgan fingerprint density at radius 3 is 2.94 bits per heavy atom. The lowest BCUT2D eigenvalue weighted by molar-refractivity contribution is -0.123. The van der Waals surface area contributed by atoms with Crippen LogP contribution in [0.25, 0.3) is 0 Å². The number of rotatable bonds is 2. The molecule has 92 valence electrons. The van der Waals surface area contributed by atoms with Crippen molar-refractivity contribution in [2.75, 3.05) is 18.4 Å². The summed E-state index contributed by atoms with van der Waals surface area (Å²) in [6, 6.07) is 3.81. The van der Waals surface area contributed by atoms with E-state index in [1.165, 1.54) is 0 Å². The second-order valence-electron chi connectivity index (χ2n) is 4.71. The molecule has 1 aromatic heterocycles. The molecule has 2 rings (SSSR count). The van der Waals surface area contributed by atoms with Gasteiger partial charge >= 0.3 is 0 Å². The maximum atomic E-state index is 12.1. The molecule has 17 heavy (non-hydrogen) atoms. The van der Waals surface area contributed by atoms with E-state index < -0.39 is 0 Å². The zero-order chi connectivity index (χ0) is 12.5. The molecule has 0 bridgehead atoms. The van der Waals surface area contributed by atoms with E-state index in [0.717, 1.165) is 28.8 Å². The van der Waals surface area contributed by atoms with Crippen LogP contribution in [0.1, 0.15) is 19.0 Å². The molecule has 1 aliphatic rings. The van der Waals surface area contributed by atoms with Crippen LogP contribution in [0.5, 0.6) is 0 Å². The third-order valence-electron chi connectivity index (χ3n) is 3.18. The van der Waals surface area contributed by atoms with Gasteiger partial charge in [0.1, 0.15) is 5.82 Å². The first kappa shape index (κ1) is 12.8. The predicted octanol–water partition coefficient (Wildman–Crippen LogP) is 1.93. The van der Waals surface area contributed by atoms with E-state index in [1.54, 1.807) is 0 Å². The van der Waals surface area contributed by atoms with Crippen LogP contribution in [0.3, 0.4) is 0 Å². The molecule has 0 aliphatic carbocycles. The van der Waals surface area contributed by atoms with Gasteiger partial charge in [0.05, 0.1) is 11.1 Å². The fraction of sp³-hybridized carbons (Fsp3) is 0.500. The zero-order valence-corrected chi connectivity index (χ0v) is 12.2. The Morgan fingerprint density at radius 2 is 2.35 bits per heavy atom. The van der Waals surface area contributed by atoms with Crippen molar-refractivity contribution in [2.24, 2.45) is 5.41 Å². The van der Waals surface area contributed by atoms with E-state index >= 15 is 0 Å². The van der Waals surface area contributed by atoms with Crippen LogP contribution in [-0.4, -0.2) is 24.0 Å². The van der Waals surface area contributed by atoms with Crippen molar-refractivity contribution in [3.63, 3.8) is 0 Å². The quantitative estimate of drug-likeness (QED) is 0.806. The molecule has 0 radical (unpaired) electrons. The second-order valence-corrected chi connectivity index (χ2v) is 5.87. The summed E-state index contributed by atoms with van der Waals surface area (Å²) in [5, 5.41) is 6.12. The number of halogens is 1. The Balaban J connectivity index is 2.10. The predicted molar refractivity (Wildman–Crippen MR) is 75.9 cm³/mol. The van der Waals surface area contributed by atoms with Crippen LogP contribution < -0.4 is 10.6 Å². The third-order valence-corrected chi connectivity index (χ3v) is 4.32. The van der Waals surface area contributed by atoms with E-state index in [-0.39, 0.29) is 11.3 Å². The van der Waals surface area contributed by atoms with E-state index in [1.807, 2.05) is 26.0 Å². The van der Waals surface area contributed by atoms with Crippen LogP contribution in [0.2, 0.25) is 0 Å². The molecule has 1 unspecified atom stereocenters. The van der Waals surface area contributed by atoms with Crippen LogP contribution in [0.15, 0.2) is 12.1 Å². The lowest BCUT2D eigenvalue weighted by atomic mass is 9.89. The number of hydrogen-bond acceptors (Lipinski definition) is 3. The fourth-order valence-electron chi connectivity index (χ4n) is 1.89. The number of pyridine rings is 1. The first-order valence-electron chi connectivity index (χ1n) is 5.67. The normalized spacial score (nSPS) is 23.7. The lowest BCUT2D eigenvalue weighted by Gasteiger charge is -2.21. The first-order chi connectivity index (χ1) is 8.01. The summed E-state index contributed by atoms with van der Waals surface area (Å²) in [7, 11) is 0. The van der Waals surface area contributed by atoms with Gasteiger partial charge in [-0.1, -0.05) is 0 Å². The van der Waals surface area contributed by atoms with Gasteiger partial charge in [0.25, 0.3) is 0 Å². The highest BCUT2D eigenvalue weighted by Gasteiger charge is 2.36. The highest BCUT2D eigenvalue weighted by Crippen LogP contribution is 2.26. The smallest absolute Gasteiger partial charge is 0.232 e. The van der Waals surface area contributed by atoms with Gasteiger partial charge in [-0.2, -0.15) is 0 Å². The largest absolute Gasteiger partial charge is 0.316 e. The molecule has 1 atom stereocenters. The number of nitrogens with zero attached hydrogens (tertiary/aromatic N) is 1. The first-order valence-corrected chi connectivity index (χ1v) is 6.74. The van der Waals surface area contributed by atoms with Gasteiger partial charge in [0.2, 0.25) is 5.91 Å². The minimum Gasteiger partial charge on any atom is -0.316 e. The Labute approximate surface area is 115 Å². The number of aryl methyl sites for hydroxylation is 1. The van der Waals surface area contributed by atoms with Crippen molar-refractivity contribution in [1.82, 2.24) is 10.3 Å². The van der Waals surface area contributed by atoms with Crippen molar-refractivity contribution < 1.29 is 4.79 Å². The van der Waals surface area contributed by atoms with Gasteiger partial charge in [-0.25, -0.2) is 4.98 Å². The number of carbonyl (C=O) groups is 1. The number of amides is 1. The maximum Gasteiger partial charge on any atom is 0.232 e. The number of carbonyl (C=O) groups excluding carboxylic acids is 1. The summed E-state index contributed by atoms with van der Waals surface area (Å²) in [6.07, 6.45) is 0.877. The molecule has 1 aromatic rings. The van der Waals surface area contributed by atoms with Crippen molar-refractivity contribution in [2.45, 2.75) is 20.3 Å². The Morgan fingerprint density at radius 1 is 1.59 bits per heavy atom. The minimum absolute atomic E-state index is 0.0515. The van der Waals surface area contributed by atoms with Gasteiger partial charge < -0.3 is 10.6 Å². The summed E-state index contributed by atoms with van der Waals surface area (Å²) in [6.45, 7) is 5.57. The second kappa shape index (κ2) is 4.89. The van der Waals surface area contributed by atoms with Crippen LogP contribution in [-0.2, 0) is 4.79 Å². The van der Waals surface area contributed by atoms with Gasteiger partial charge in [0.15, 0.2) is 0 Å². The SMILES string of the molecule is Cc1nc(NC(=O)C2(C)CCNC2)ccc1I. The van der Waals surface area contributed by atoms with Crippen molar-refractivity contribution in [3.05, 3.63) is 21.4 Å². The molecule has 1 saturated heterocycles. The molecule has 0 aromatic carbocycles. The van der Waals surface area contributed by atoms with Gasteiger partial charge in [0, 0.05) is 10.1 Å². The summed E-state index contributed by atoms with van der Waals surface area (Å²) < 4.78 is 1.11. The topological polar surface area (TPSA) is 54.0 Å². The fourth-order valence-corrected chi connectivity index (χ4v) is 2.19. The third kappa shape index (κ3) is 2.77. The Hall–Kier alpha value is -0.690. The molecule has 1 amide bonds.